The van der Waals surface area contributed by atoms with E-state index in [-0.39, 0.29) is 22.9 Å². The lowest BCUT2D eigenvalue weighted by Gasteiger charge is -2.32. The summed E-state index contributed by atoms with van der Waals surface area (Å²) in [7, 11) is -0.488. The van der Waals surface area contributed by atoms with Crippen LogP contribution in [0, 0.1) is 0 Å². The molecule has 1 saturated carbocycles. The number of thiazole rings is 1. The van der Waals surface area contributed by atoms with Gasteiger partial charge in [0.05, 0.1) is 31.8 Å². The van der Waals surface area contributed by atoms with Crippen molar-refractivity contribution >= 4 is 42.6 Å². The highest BCUT2D eigenvalue weighted by Gasteiger charge is 2.32. The van der Waals surface area contributed by atoms with E-state index in [1.807, 2.05) is 13.0 Å². The first-order chi connectivity index (χ1) is 19.4. The summed E-state index contributed by atoms with van der Waals surface area (Å²) in [6, 6.07) is 9.93. The van der Waals surface area contributed by atoms with Gasteiger partial charge in [0, 0.05) is 24.8 Å². The van der Waals surface area contributed by atoms with Crippen molar-refractivity contribution in [3.05, 3.63) is 42.0 Å². The van der Waals surface area contributed by atoms with Crippen LogP contribution in [0.4, 0.5) is 5.13 Å². The van der Waals surface area contributed by atoms with Crippen molar-refractivity contribution in [3.8, 4) is 11.5 Å². The van der Waals surface area contributed by atoms with Gasteiger partial charge >= 0.3 is 0 Å². The topological polar surface area (TPSA) is 98.3 Å². The normalized spacial score (nSPS) is 18.4. The molecule has 2 aliphatic rings. The SMILES string of the molecule is CCN(C1CCCCC1)S(=O)(=O)c1ccc(C(=O)N(CC2CCCO2)c2nc3c(OC)ccc(OC)c3s2)cc1. The van der Waals surface area contributed by atoms with Gasteiger partial charge in [0.2, 0.25) is 10.0 Å². The maximum absolute atomic E-state index is 13.9. The van der Waals surface area contributed by atoms with Gasteiger partial charge in [-0.05, 0) is 62.1 Å². The standard InChI is InChI=1S/C29H37N3O6S2/c1-4-32(21-9-6-5-7-10-21)40(34,35)23-14-12-20(13-15-23)28(33)31(19-22-11-8-18-38-22)29-30-26-24(36-2)16-17-25(37-3)27(26)39-29/h12-17,21-22H,4-11,18-19H2,1-3H3. The van der Waals surface area contributed by atoms with Crippen LogP contribution in [0.25, 0.3) is 10.2 Å². The largest absolute Gasteiger partial charge is 0.495 e. The number of aromatic nitrogens is 1. The Morgan fingerprint density at radius 3 is 2.33 bits per heavy atom. The van der Waals surface area contributed by atoms with Gasteiger partial charge in [0.15, 0.2) is 5.13 Å². The summed E-state index contributed by atoms with van der Waals surface area (Å²) in [6.07, 6.45) is 6.72. The lowest BCUT2D eigenvalue weighted by atomic mass is 9.95. The fourth-order valence-electron chi connectivity index (χ4n) is 5.68. The predicted octanol–water partition coefficient (Wildman–Crippen LogP) is 5.48. The molecule has 1 saturated heterocycles. The number of carbonyl (C=O) groups excluding carboxylic acids is 1. The van der Waals surface area contributed by atoms with Crippen molar-refractivity contribution in [2.75, 3.05) is 38.8 Å². The minimum Gasteiger partial charge on any atom is -0.495 e. The van der Waals surface area contributed by atoms with Crippen molar-refractivity contribution in [1.82, 2.24) is 9.29 Å². The molecule has 9 nitrogen and oxygen atoms in total. The third-order valence-corrected chi connectivity index (χ3v) is 10.9. The molecule has 0 radical (unpaired) electrons. The van der Waals surface area contributed by atoms with Gasteiger partial charge in [-0.1, -0.05) is 37.5 Å². The van der Waals surface area contributed by atoms with E-state index in [1.54, 1.807) is 53.8 Å². The third-order valence-electron chi connectivity index (χ3n) is 7.79. The van der Waals surface area contributed by atoms with Crippen LogP contribution in [-0.4, -0.2) is 69.7 Å². The smallest absolute Gasteiger partial charge is 0.260 e. The highest BCUT2D eigenvalue weighted by molar-refractivity contribution is 7.89. The Morgan fingerprint density at radius 2 is 1.70 bits per heavy atom. The Morgan fingerprint density at radius 1 is 1.00 bits per heavy atom. The highest BCUT2D eigenvalue weighted by atomic mass is 32.2. The number of nitrogens with zero attached hydrogens (tertiary/aromatic N) is 3. The lowest BCUT2D eigenvalue weighted by molar-refractivity contribution is 0.0917. The molecule has 5 rings (SSSR count). The number of methoxy groups -OCH3 is 2. The fourth-order valence-corrected chi connectivity index (χ4v) is 8.46. The number of carbonyl (C=O) groups is 1. The molecule has 0 spiro atoms. The molecule has 3 aromatic rings. The average molecular weight is 588 g/mol. The van der Waals surface area contributed by atoms with Crippen LogP contribution in [0.15, 0.2) is 41.3 Å². The van der Waals surface area contributed by atoms with Gasteiger partial charge < -0.3 is 14.2 Å². The summed E-state index contributed by atoms with van der Waals surface area (Å²) in [6.45, 7) is 3.31. The summed E-state index contributed by atoms with van der Waals surface area (Å²) in [5, 5.41) is 0.504. The number of rotatable bonds is 10. The van der Waals surface area contributed by atoms with Crippen LogP contribution in [-0.2, 0) is 14.8 Å². The molecule has 0 bridgehead atoms. The minimum absolute atomic E-state index is 0.0278. The van der Waals surface area contributed by atoms with E-state index in [1.165, 1.54) is 11.3 Å². The first-order valence-corrected chi connectivity index (χ1v) is 16.2. The molecule has 40 heavy (non-hydrogen) atoms. The molecule has 0 N–H and O–H groups in total. The lowest BCUT2D eigenvalue weighted by Crippen LogP contribution is -2.41. The summed E-state index contributed by atoms with van der Waals surface area (Å²) in [5.74, 6) is 0.976. The Balaban J connectivity index is 1.46. The molecule has 2 aromatic carbocycles. The summed E-state index contributed by atoms with van der Waals surface area (Å²) < 4.78 is 46.4. The van der Waals surface area contributed by atoms with Crippen molar-refractivity contribution in [1.29, 1.82) is 0 Å². The van der Waals surface area contributed by atoms with Crippen molar-refractivity contribution in [2.45, 2.75) is 68.9 Å². The van der Waals surface area contributed by atoms with E-state index >= 15 is 0 Å². The van der Waals surface area contributed by atoms with Crippen molar-refractivity contribution < 1.29 is 27.4 Å². The maximum atomic E-state index is 13.9. The molecule has 2 fully saturated rings. The first-order valence-electron chi connectivity index (χ1n) is 13.9. The number of hydrogen-bond acceptors (Lipinski definition) is 8. The molecule has 1 aliphatic carbocycles. The van der Waals surface area contributed by atoms with Gasteiger partial charge in [-0.25, -0.2) is 13.4 Å². The molecular weight excluding hydrogens is 550 g/mol. The number of fused-ring (bicyclic) bond motifs is 1. The molecule has 1 amide bonds. The van der Waals surface area contributed by atoms with Gasteiger partial charge in [-0.3, -0.25) is 9.69 Å². The molecule has 1 atom stereocenters. The second-order valence-electron chi connectivity index (χ2n) is 10.2. The molecule has 1 aliphatic heterocycles. The van der Waals surface area contributed by atoms with Crippen LogP contribution in [0.1, 0.15) is 62.2 Å². The second-order valence-corrected chi connectivity index (χ2v) is 13.1. The van der Waals surface area contributed by atoms with E-state index in [2.05, 4.69) is 0 Å². The quantitative estimate of drug-likeness (QED) is 0.310. The minimum atomic E-state index is -3.67. The zero-order valence-corrected chi connectivity index (χ0v) is 24.9. The molecule has 2 heterocycles. The zero-order valence-electron chi connectivity index (χ0n) is 23.3. The first kappa shape index (κ1) is 28.8. The third kappa shape index (κ3) is 5.70. The van der Waals surface area contributed by atoms with E-state index < -0.39 is 10.0 Å². The fraction of sp³-hybridized carbons (Fsp3) is 0.517. The predicted molar refractivity (Wildman–Crippen MR) is 156 cm³/mol. The Labute approximate surface area is 240 Å². The monoisotopic (exact) mass is 587 g/mol. The molecular formula is C29H37N3O6S2. The Kier molecular flexibility index (Phi) is 8.94. The van der Waals surface area contributed by atoms with Crippen LogP contribution in [0.3, 0.4) is 0 Å². The molecule has 11 heteroatoms. The van der Waals surface area contributed by atoms with Gasteiger partial charge in [-0.15, -0.1) is 0 Å². The van der Waals surface area contributed by atoms with Crippen LogP contribution in [0.5, 0.6) is 11.5 Å². The number of hydrogen-bond donors (Lipinski definition) is 0. The van der Waals surface area contributed by atoms with Gasteiger partial charge in [-0.2, -0.15) is 4.31 Å². The van der Waals surface area contributed by atoms with Crippen LogP contribution < -0.4 is 14.4 Å². The van der Waals surface area contributed by atoms with E-state index in [0.717, 1.165) is 49.6 Å². The molecule has 1 aromatic heterocycles. The number of benzene rings is 2. The van der Waals surface area contributed by atoms with E-state index in [0.29, 0.717) is 47.4 Å². The van der Waals surface area contributed by atoms with Crippen molar-refractivity contribution in [3.63, 3.8) is 0 Å². The van der Waals surface area contributed by atoms with E-state index in [9.17, 15) is 13.2 Å². The summed E-state index contributed by atoms with van der Waals surface area (Å²) >= 11 is 1.35. The van der Waals surface area contributed by atoms with Crippen LogP contribution in [0.2, 0.25) is 0 Å². The number of ether oxygens (including phenoxy) is 3. The Hall–Kier alpha value is -2.73. The second kappa shape index (κ2) is 12.4. The van der Waals surface area contributed by atoms with Gasteiger partial charge in [0.1, 0.15) is 21.7 Å². The number of sulfonamides is 1. The molecule has 1 unspecified atom stereocenters. The average Bonchev–Trinajstić information content (AvgIpc) is 3.66. The Bertz CT molecular complexity index is 1390. The summed E-state index contributed by atoms with van der Waals surface area (Å²) in [4.78, 5) is 20.5. The van der Waals surface area contributed by atoms with Crippen LogP contribution >= 0.6 is 11.3 Å². The zero-order chi connectivity index (χ0) is 28.3. The maximum Gasteiger partial charge on any atom is 0.260 e. The van der Waals surface area contributed by atoms with E-state index in [4.69, 9.17) is 19.2 Å². The van der Waals surface area contributed by atoms with Crippen molar-refractivity contribution in [2.24, 2.45) is 0 Å². The molecule has 216 valence electrons. The summed E-state index contributed by atoms with van der Waals surface area (Å²) in [5.41, 5.74) is 1.01. The highest BCUT2D eigenvalue weighted by Crippen LogP contribution is 2.41. The number of amides is 1. The number of anilines is 1. The van der Waals surface area contributed by atoms with Gasteiger partial charge in [0.25, 0.3) is 5.91 Å².